The maximum absolute atomic E-state index is 12.2. The summed E-state index contributed by atoms with van der Waals surface area (Å²) in [5, 5.41) is 17.4. The van der Waals surface area contributed by atoms with Gasteiger partial charge >= 0.3 is 0 Å². The van der Waals surface area contributed by atoms with Crippen LogP contribution < -0.4 is 10.9 Å². The van der Waals surface area contributed by atoms with Gasteiger partial charge in [-0.05, 0) is 18.1 Å². The molecule has 0 aliphatic rings. The Morgan fingerprint density at radius 1 is 1.30 bits per heavy atom. The second-order valence-corrected chi connectivity index (χ2v) is 5.36. The molecule has 0 saturated heterocycles. The number of para-hydroxylation sites is 2. The molecule has 0 aliphatic carbocycles. The lowest BCUT2D eigenvalue weighted by Gasteiger charge is -2.09. The predicted octanol–water partition coefficient (Wildman–Crippen LogP) is 2.06. The highest BCUT2D eigenvalue weighted by Crippen LogP contribution is 2.23. The highest BCUT2D eigenvalue weighted by molar-refractivity contribution is 6.03. The lowest BCUT2D eigenvalue weighted by Crippen LogP contribution is -2.27. The molecule has 0 aliphatic heterocycles. The summed E-state index contributed by atoms with van der Waals surface area (Å²) < 4.78 is 1.21. The molecule has 0 atom stereocenters. The van der Waals surface area contributed by atoms with Crippen molar-refractivity contribution < 1.29 is 9.72 Å². The Kier molecular flexibility index (Phi) is 4.85. The number of amides is 1. The minimum atomic E-state index is -0.614. The highest BCUT2D eigenvalue weighted by atomic mass is 16.6. The first-order valence-corrected chi connectivity index (χ1v) is 7.01. The molecule has 8 nitrogen and oxygen atoms in total. The summed E-state index contributed by atoms with van der Waals surface area (Å²) in [4.78, 5) is 34.3. The van der Waals surface area contributed by atoms with Gasteiger partial charge in [0.05, 0.1) is 4.92 Å². The monoisotopic (exact) mass is 316 g/mol. The third-order valence-electron chi connectivity index (χ3n) is 2.99. The molecule has 0 fully saturated rings. The van der Waals surface area contributed by atoms with Crippen LogP contribution in [0, 0.1) is 16.0 Å². The van der Waals surface area contributed by atoms with Crippen LogP contribution >= 0.6 is 0 Å². The first-order valence-electron chi connectivity index (χ1n) is 7.01. The summed E-state index contributed by atoms with van der Waals surface area (Å²) in [5.41, 5.74) is -0.424. The van der Waals surface area contributed by atoms with Crippen LogP contribution in [0.5, 0.6) is 0 Å². The van der Waals surface area contributed by atoms with Crippen LogP contribution in [0.15, 0.2) is 41.2 Å². The predicted molar refractivity (Wildman–Crippen MR) is 84.4 cm³/mol. The first-order chi connectivity index (χ1) is 10.9. The minimum absolute atomic E-state index is 0.0170. The number of aromatic nitrogens is 2. The van der Waals surface area contributed by atoms with Crippen molar-refractivity contribution in [3.63, 3.8) is 0 Å². The first kappa shape index (κ1) is 16.3. The molecule has 0 saturated carbocycles. The van der Waals surface area contributed by atoms with Gasteiger partial charge in [0.2, 0.25) is 0 Å². The van der Waals surface area contributed by atoms with E-state index in [9.17, 15) is 19.7 Å². The molecule has 0 spiro atoms. The highest BCUT2D eigenvalue weighted by Gasteiger charge is 2.17. The van der Waals surface area contributed by atoms with E-state index in [0.717, 1.165) is 0 Å². The van der Waals surface area contributed by atoms with E-state index in [-0.39, 0.29) is 28.5 Å². The summed E-state index contributed by atoms with van der Waals surface area (Å²) in [6, 6.07) is 8.36. The van der Waals surface area contributed by atoms with E-state index in [1.807, 2.05) is 13.8 Å². The van der Waals surface area contributed by atoms with Crippen molar-refractivity contribution in [2.75, 3.05) is 5.32 Å². The van der Waals surface area contributed by atoms with Crippen LogP contribution in [0.3, 0.4) is 0 Å². The number of hydrogen-bond acceptors (Lipinski definition) is 5. The SMILES string of the molecule is CC(C)Cn1nc(C(=O)Nc2ccccc2[N+](=O)[O-])ccc1=O. The number of benzene rings is 1. The fourth-order valence-electron chi connectivity index (χ4n) is 1.97. The molecule has 1 amide bonds. The van der Waals surface area contributed by atoms with Gasteiger partial charge in [-0.2, -0.15) is 5.10 Å². The van der Waals surface area contributed by atoms with Gasteiger partial charge in [-0.15, -0.1) is 0 Å². The van der Waals surface area contributed by atoms with E-state index in [0.29, 0.717) is 6.54 Å². The van der Waals surface area contributed by atoms with E-state index in [1.165, 1.54) is 35.0 Å². The maximum atomic E-state index is 12.2. The number of carbonyl (C=O) groups is 1. The largest absolute Gasteiger partial charge is 0.315 e. The molecule has 1 heterocycles. The fourth-order valence-corrected chi connectivity index (χ4v) is 1.97. The summed E-state index contributed by atoms with van der Waals surface area (Å²) in [7, 11) is 0. The number of nitrogens with zero attached hydrogens (tertiary/aromatic N) is 3. The number of carbonyl (C=O) groups excluding carboxylic acids is 1. The van der Waals surface area contributed by atoms with Gasteiger partial charge in [-0.1, -0.05) is 26.0 Å². The van der Waals surface area contributed by atoms with Crippen LogP contribution in [0.4, 0.5) is 11.4 Å². The van der Waals surface area contributed by atoms with Gasteiger partial charge in [0, 0.05) is 18.7 Å². The van der Waals surface area contributed by atoms with Gasteiger partial charge in [-0.25, -0.2) is 4.68 Å². The Balaban J connectivity index is 2.28. The average molecular weight is 316 g/mol. The van der Waals surface area contributed by atoms with Gasteiger partial charge < -0.3 is 5.32 Å². The molecule has 8 heteroatoms. The van der Waals surface area contributed by atoms with Gasteiger partial charge in [0.15, 0.2) is 0 Å². The molecule has 1 aromatic heterocycles. The van der Waals surface area contributed by atoms with Crippen molar-refractivity contribution in [3.05, 3.63) is 62.6 Å². The summed E-state index contributed by atoms with van der Waals surface area (Å²) in [6.07, 6.45) is 0. The smallest absolute Gasteiger partial charge is 0.292 e. The van der Waals surface area contributed by atoms with Crippen molar-refractivity contribution in [1.82, 2.24) is 9.78 Å². The number of anilines is 1. The lowest BCUT2D eigenvalue weighted by molar-refractivity contribution is -0.383. The zero-order chi connectivity index (χ0) is 17.0. The van der Waals surface area contributed by atoms with Crippen molar-refractivity contribution in [3.8, 4) is 0 Å². The number of rotatable bonds is 5. The van der Waals surface area contributed by atoms with E-state index in [1.54, 1.807) is 6.07 Å². The van der Waals surface area contributed by atoms with E-state index < -0.39 is 10.8 Å². The quantitative estimate of drug-likeness (QED) is 0.671. The Bertz CT molecular complexity index is 798. The second kappa shape index (κ2) is 6.82. The van der Waals surface area contributed by atoms with Crippen LogP contribution in [0.25, 0.3) is 0 Å². The maximum Gasteiger partial charge on any atom is 0.292 e. The number of nitrogens with one attached hydrogen (secondary N) is 1. The lowest BCUT2D eigenvalue weighted by atomic mass is 10.2. The Morgan fingerprint density at radius 2 is 2.00 bits per heavy atom. The van der Waals surface area contributed by atoms with E-state index in [4.69, 9.17) is 0 Å². The van der Waals surface area contributed by atoms with Crippen molar-refractivity contribution in [2.24, 2.45) is 5.92 Å². The molecule has 1 aromatic carbocycles. The molecule has 0 bridgehead atoms. The molecule has 2 rings (SSSR count). The molecule has 2 aromatic rings. The molecule has 1 N–H and O–H groups in total. The Morgan fingerprint density at radius 3 is 2.65 bits per heavy atom. The van der Waals surface area contributed by atoms with E-state index >= 15 is 0 Å². The zero-order valence-electron chi connectivity index (χ0n) is 12.7. The summed E-state index contributed by atoms with van der Waals surface area (Å²) in [6.45, 7) is 4.23. The van der Waals surface area contributed by atoms with Gasteiger partial charge in [0.1, 0.15) is 11.4 Å². The third kappa shape index (κ3) is 4.00. The number of nitro benzene ring substituents is 1. The Labute approximate surface area is 131 Å². The summed E-state index contributed by atoms with van der Waals surface area (Å²) in [5.74, 6) is -0.425. The molecule has 120 valence electrons. The zero-order valence-corrected chi connectivity index (χ0v) is 12.7. The van der Waals surface area contributed by atoms with Crippen LogP contribution in [-0.2, 0) is 6.54 Å². The van der Waals surface area contributed by atoms with Crippen molar-refractivity contribution in [1.29, 1.82) is 0 Å². The molecule has 0 unspecified atom stereocenters. The fraction of sp³-hybridized carbons (Fsp3) is 0.267. The van der Waals surface area contributed by atoms with Crippen molar-refractivity contribution >= 4 is 17.3 Å². The van der Waals surface area contributed by atoms with Gasteiger partial charge in [-0.3, -0.25) is 19.7 Å². The topological polar surface area (TPSA) is 107 Å². The molecular formula is C15H16N4O4. The normalized spacial score (nSPS) is 10.6. The van der Waals surface area contributed by atoms with Crippen molar-refractivity contribution in [2.45, 2.75) is 20.4 Å². The number of nitro groups is 1. The number of hydrogen-bond donors (Lipinski definition) is 1. The van der Waals surface area contributed by atoms with E-state index in [2.05, 4.69) is 10.4 Å². The molecular weight excluding hydrogens is 300 g/mol. The average Bonchev–Trinajstić information content (AvgIpc) is 2.49. The molecule has 0 radical (unpaired) electrons. The Hall–Kier alpha value is -3.03. The second-order valence-electron chi connectivity index (χ2n) is 5.36. The van der Waals surface area contributed by atoms with Crippen LogP contribution in [0.1, 0.15) is 24.3 Å². The van der Waals surface area contributed by atoms with Gasteiger partial charge in [0.25, 0.3) is 17.2 Å². The summed E-state index contributed by atoms with van der Waals surface area (Å²) >= 11 is 0. The van der Waals surface area contributed by atoms with Crippen LogP contribution in [0.2, 0.25) is 0 Å². The van der Waals surface area contributed by atoms with Crippen LogP contribution in [-0.4, -0.2) is 20.6 Å². The third-order valence-corrected chi connectivity index (χ3v) is 2.99. The molecule has 23 heavy (non-hydrogen) atoms. The minimum Gasteiger partial charge on any atom is -0.315 e. The standard InChI is InChI=1S/C15H16N4O4/c1-10(2)9-18-14(20)8-7-12(17-18)15(21)16-11-5-3-4-6-13(11)19(22)23/h3-8,10H,9H2,1-2H3,(H,16,21).